The molecule has 11 aromatic rings. The molecular formula is C48H27N5S. The average Bonchev–Trinajstić information content (AvgIpc) is 4.05. The highest BCUT2D eigenvalue weighted by atomic mass is 32.1. The molecule has 0 fully saturated rings. The van der Waals surface area contributed by atoms with Gasteiger partial charge in [-0.15, -0.1) is 11.3 Å². The maximum absolute atomic E-state index is 5.17. The maximum atomic E-state index is 5.17. The van der Waals surface area contributed by atoms with Gasteiger partial charge in [-0.2, -0.15) is 0 Å². The van der Waals surface area contributed by atoms with Gasteiger partial charge in [-0.3, -0.25) is 8.80 Å². The van der Waals surface area contributed by atoms with Gasteiger partial charge < -0.3 is 0 Å². The first-order chi connectivity index (χ1) is 26.8. The number of nitrogens with zero attached hydrogens (tertiary/aromatic N) is 5. The molecule has 54 heavy (non-hydrogen) atoms. The van der Waals surface area contributed by atoms with Crippen LogP contribution in [0.15, 0.2) is 164 Å². The molecule has 250 valence electrons. The van der Waals surface area contributed by atoms with Gasteiger partial charge in [0.05, 0.1) is 28.5 Å². The first-order valence-corrected chi connectivity index (χ1v) is 19.1. The fourth-order valence-corrected chi connectivity index (χ4v) is 11.0. The van der Waals surface area contributed by atoms with Gasteiger partial charge in [-0.25, -0.2) is 15.0 Å². The van der Waals surface area contributed by atoms with E-state index in [0.717, 1.165) is 39.4 Å². The SMILES string of the molecule is c1ccc2c(c1)-c1ccccc1C21c2ccccc2-c2c1cc1c3ncc(-c4ccc(-c5cccc6c5sc5ccccc56)cc4)n3c3nccnc3n21. The highest BCUT2D eigenvalue weighted by Crippen LogP contribution is 2.63. The number of thiophene rings is 1. The van der Waals surface area contributed by atoms with E-state index < -0.39 is 5.41 Å². The summed E-state index contributed by atoms with van der Waals surface area (Å²) >= 11 is 1.86. The minimum atomic E-state index is -0.459. The van der Waals surface area contributed by atoms with E-state index in [1.54, 1.807) is 12.4 Å². The minimum Gasteiger partial charge on any atom is -0.287 e. The predicted octanol–water partition coefficient (Wildman–Crippen LogP) is 11.6. The minimum absolute atomic E-state index is 0.459. The van der Waals surface area contributed by atoms with Crippen LogP contribution in [0.1, 0.15) is 22.3 Å². The van der Waals surface area contributed by atoms with E-state index >= 15 is 0 Å². The van der Waals surface area contributed by atoms with E-state index in [2.05, 4.69) is 154 Å². The van der Waals surface area contributed by atoms with E-state index in [0.29, 0.717) is 0 Å². The average molecular weight is 706 g/mol. The van der Waals surface area contributed by atoms with Crippen LogP contribution in [0.3, 0.4) is 0 Å². The Balaban J connectivity index is 1.06. The number of benzene rings is 6. The molecule has 5 heterocycles. The third-order valence-electron chi connectivity index (χ3n) is 11.9. The molecule has 0 N–H and O–H groups in total. The molecule has 2 aliphatic rings. The number of imidazole rings is 1. The molecule has 0 atom stereocenters. The monoisotopic (exact) mass is 705 g/mol. The van der Waals surface area contributed by atoms with Gasteiger partial charge >= 0.3 is 0 Å². The van der Waals surface area contributed by atoms with Gasteiger partial charge in [0.2, 0.25) is 0 Å². The molecule has 6 aromatic carbocycles. The molecule has 0 amide bonds. The van der Waals surface area contributed by atoms with Crippen molar-refractivity contribution in [2.24, 2.45) is 0 Å². The number of rotatable bonds is 2. The van der Waals surface area contributed by atoms with Crippen LogP contribution in [0.5, 0.6) is 0 Å². The van der Waals surface area contributed by atoms with Gasteiger partial charge in [-0.05, 0) is 56.6 Å². The third kappa shape index (κ3) is 3.38. The van der Waals surface area contributed by atoms with Crippen molar-refractivity contribution in [3.63, 3.8) is 0 Å². The molecule has 6 heteroatoms. The summed E-state index contributed by atoms with van der Waals surface area (Å²) in [5, 5.41) is 2.62. The fourth-order valence-electron chi connectivity index (χ4n) is 9.81. The van der Waals surface area contributed by atoms with Gasteiger partial charge in [0, 0.05) is 43.7 Å². The van der Waals surface area contributed by atoms with Crippen molar-refractivity contribution in [2.75, 3.05) is 0 Å². The smallest absolute Gasteiger partial charge is 0.183 e. The highest BCUT2D eigenvalue weighted by molar-refractivity contribution is 7.26. The van der Waals surface area contributed by atoms with E-state index in [1.807, 2.05) is 17.5 Å². The second kappa shape index (κ2) is 10.2. The van der Waals surface area contributed by atoms with Crippen LogP contribution in [0.25, 0.3) is 87.4 Å². The molecule has 0 saturated carbocycles. The Labute approximate surface area is 313 Å². The Morgan fingerprint density at radius 2 is 1.06 bits per heavy atom. The molecule has 1 spiro atoms. The predicted molar refractivity (Wildman–Crippen MR) is 219 cm³/mol. The second-order valence-corrected chi connectivity index (χ2v) is 15.4. The Bertz CT molecular complexity index is 3360. The summed E-state index contributed by atoms with van der Waals surface area (Å²) in [4.78, 5) is 15.2. The van der Waals surface area contributed by atoms with Crippen LogP contribution in [0, 0.1) is 0 Å². The molecule has 0 radical (unpaired) electrons. The maximum Gasteiger partial charge on any atom is 0.183 e. The van der Waals surface area contributed by atoms with Gasteiger partial charge in [-0.1, -0.05) is 133 Å². The van der Waals surface area contributed by atoms with Crippen molar-refractivity contribution in [1.29, 1.82) is 0 Å². The second-order valence-electron chi connectivity index (χ2n) is 14.4. The van der Waals surface area contributed by atoms with Crippen molar-refractivity contribution in [3.05, 3.63) is 186 Å². The summed E-state index contributed by atoms with van der Waals surface area (Å²) in [7, 11) is 0. The lowest BCUT2D eigenvalue weighted by atomic mass is 9.71. The van der Waals surface area contributed by atoms with E-state index in [9.17, 15) is 0 Å². The van der Waals surface area contributed by atoms with E-state index in [-0.39, 0.29) is 0 Å². The molecule has 13 rings (SSSR count). The zero-order chi connectivity index (χ0) is 35.1. The lowest BCUT2D eigenvalue weighted by Crippen LogP contribution is -2.25. The molecule has 0 bridgehead atoms. The summed E-state index contributed by atoms with van der Waals surface area (Å²) < 4.78 is 7.14. The van der Waals surface area contributed by atoms with E-state index in [4.69, 9.17) is 15.0 Å². The standard InChI is InChI=1S/C48H27N5S/c1-5-16-36-31(10-1)32-11-2-6-17-37(32)48(36)38-18-7-3-13-35(38)43-39(48)26-40-45-51-27-41(53(45)47-46(52(40)43)49-24-25-50-47)29-22-20-28(21-23-29)30-14-9-15-34-33-12-4-8-19-42(33)54-44(30)34/h1-27H. The van der Waals surface area contributed by atoms with Crippen molar-refractivity contribution >= 4 is 54.0 Å². The van der Waals surface area contributed by atoms with Crippen LogP contribution in [-0.4, -0.2) is 23.8 Å². The fraction of sp³-hybridized carbons (Fsp3) is 0.0208. The Morgan fingerprint density at radius 1 is 0.463 bits per heavy atom. The number of fused-ring (bicyclic) bond motifs is 20. The van der Waals surface area contributed by atoms with Crippen LogP contribution in [0.4, 0.5) is 0 Å². The summed E-state index contributed by atoms with van der Waals surface area (Å²) in [6.07, 6.45) is 5.58. The van der Waals surface area contributed by atoms with Crippen LogP contribution < -0.4 is 0 Å². The molecular weight excluding hydrogens is 679 g/mol. The topological polar surface area (TPSA) is 47.5 Å². The normalized spacial score (nSPS) is 13.7. The number of hydrogen-bond acceptors (Lipinski definition) is 4. The molecule has 5 nitrogen and oxygen atoms in total. The first kappa shape index (κ1) is 28.7. The third-order valence-corrected chi connectivity index (χ3v) is 13.1. The lowest BCUT2D eigenvalue weighted by Gasteiger charge is -2.29. The highest BCUT2D eigenvalue weighted by Gasteiger charge is 2.53. The van der Waals surface area contributed by atoms with Gasteiger partial charge in [0.25, 0.3) is 0 Å². The van der Waals surface area contributed by atoms with Gasteiger partial charge in [0.1, 0.15) is 0 Å². The van der Waals surface area contributed by atoms with Crippen LogP contribution in [0.2, 0.25) is 0 Å². The summed E-state index contributed by atoms with van der Waals surface area (Å²) in [5.74, 6) is 0. The summed E-state index contributed by atoms with van der Waals surface area (Å²) in [5.41, 5.74) is 17.6. The summed E-state index contributed by atoms with van der Waals surface area (Å²) in [6, 6.07) is 53.3. The zero-order valence-corrected chi connectivity index (χ0v) is 29.5. The van der Waals surface area contributed by atoms with Gasteiger partial charge in [0.15, 0.2) is 16.9 Å². The largest absolute Gasteiger partial charge is 0.287 e. The molecule has 5 aromatic heterocycles. The molecule has 0 aliphatic heterocycles. The first-order valence-electron chi connectivity index (χ1n) is 18.3. The van der Waals surface area contributed by atoms with Crippen molar-refractivity contribution in [1.82, 2.24) is 23.8 Å². The molecule has 2 aliphatic carbocycles. The van der Waals surface area contributed by atoms with Crippen molar-refractivity contribution in [3.8, 4) is 44.8 Å². The molecule has 0 unspecified atom stereocenters. The van der Waals surface area contributed by atoms with Crippen LogP contribution in [-0.2, 0) is 5.41 Å². The van der Waals surface area contributed by atoms with Crippen LogP contribution >= 0.6 is 11.3 Å². The zero-order valence-electron chi connectivity index (χ0n) is 28.7. The van der Waals surface area contributed by atoms with E-state index in [1.165, 1.54) is 70.2 Å². The quantitative estimate of drug-likeness (QED) is 0.180. The Hall–Kier alpha value is -6.89. The Morgan fingerprint density at radius 3 is 1.81 bits per heavy atom. The Kier molecular flexibility index (Phi) is 5.39. The van der Waals surface area contributed by atoms with Crippen molar-refractivity contribution in [2.45, 2.75) is 5.41 Å². The number of aromatic nitrogens is 5. The van der Waals surface area contributed by atoms with Crippen molar-refractivity contribution < 1.29 is 0 Å². The summed E-state index contributed by atoms with van der Waals surface area (Å²) in [6.45, 7) is 0. The number of hydrogen-bond donors (Lipinski definition) is 0. The molecule has 0 saturated heterocycles. The lowest BCUT2D eigenvalue weighted by molar-refractivity contribution is 0.795.